The maximum Gasteiger partial charge on any atom is 0.336 e. The maximum atomic E-state index is 11.2. The second-order valence-electron chi connectivity index (χ2n) is 3.52. The summed E-state index contributed by atoms with van der Waals surface area (Å²) < 4.78 is 0. The molecule has 2 rings (SSSR count). The smallest absolute Gasteiger partial charge is 0.336 e. The molecule has 0 aromatic heterocycles. The Morgan fingerprint density at radius 1 is 1.19 bits per heavy atom. The van der Waals surface area contributed by atoms with Crippen molar-refractivity contribution in [2.75, 3.05) is 0 Å². The summed E-state index contributed by atoms with van der Waals surface area (Å²) >= 11 is 0. The summed E-state index contributed by atoms with van der Waals surface area (Å²) in [4.78, 5) is 22.2. The number of carboxylic acids is 1. The number of carbonyl (C=O) groups is 2. The van der Waals surface area contributed by atoms with Crippen LogP contribution in [0, 0.1) is 0 Å². The lowest BCUT2D eigenvalue weighted by Gasteiger charge is -2.12. The molecule has 0 unspecified atom stereocenters. The molecule has 0 heterocycles. The molecule has 0 spiro atoms. The molecule has 80 valence electrons. The van der Waals surface area contributed by atoms with Crippen molar-refractivity contribution < 1.29 is 14.7 Å². The molecule has 1 aromatic rings. The minimum Gasteiger partial charge on any atom is -0.478 e. The first-order valence-electron chi connectivity index (χ1n) is 4.92. The summed E-state index contributed by atoms with van der Waals surface area (Å²) in [7, 11) is 0. The number of allylic oxidation sites excluding steroid dienone is 2. The molecule has 0 radical (unpaired) electrons. The van der Waals surface area contributed by atoms with Gasteiger partial charge in [-0.2, -0.15) is 0 Å². The molecule has 0 aliphatic heterocycles. The first-order valence-corrected chi connectivity index (χ1v) is 4.92. The molecule has 1 N–H and O–H groups in total. The van der Waals surface area contributed by atoms with Crippen molar-refractivity contribution in [3.63, 3.8) is 0 Å². The number of carboxylic acid groups (broad SMARTS) is 1. The van der Waals surface area contributed by atoms with Crippen LogP contribution in [0.1, 0.15) is 12.0 Å². The predicted octanol–water partition coefficient (Wildman–Crippen LogP) is 2.05. The number of hydrogen-bond donors (Lipinski definition) is 1. The molecular formula is C13H10O3. The Balaban J connectivity index is 2.46. The number of benzene rings is 1. The lowest BCUT2D eigenvalue weighted by Crippen LogP contribution is -2.10. The third kappa shape index (κ3) is 1.93. The number of aliphatic carboxylic acids is 1. The highest BCUT2D eigenvalue weighted by atomic mass is 16.4. The Morgan fingerprint density at radius 3 is 2.50 bits per heavy atom. The minimum absolute atomic E-state index is 0.0717. The van der Waals surface area contributed by atoms with Crippen molar-refractivity contribution in [1.29, 1.82) is 0 Å². The van der Waals surface area contributed by atoms with Crippen molar-refractivity contribution in [3.05, 3.63) is 53.6 Å². The van der Waals surface area contributed by atoms with E-state index >= 15 is 0 Å². The van der Waals surface area contributed by atoms with Crippen LogP contribution >= 0.6 is 0 Å². The normalized spacial score (nSPS) is 15.4. The maximum absolute atomic E-state index is 11.2. The quantitative estimate of drug-likeness (QED) is 0.819. The van der Waals surface area contributed by atoms with Gasteiger partial charge in [0.1, 0.15) is 0 Å². The van der Waals surface area contributed by atoms with Crippen molar-refractivity contribution in [1.82, 2.24) is 0 Å². The van der Waals surface area contributed by atoms with Crippen LogP contribution in [0.4, 0.5) is 0 Å². The Labute approximate surface area is 92.7 Å². The molecule has 0 amide bonds. The van der Waals surface area contributed by atoms with Crippen LogP contribution in [0.15, 0.2) is 48.1 Å². The fraction of sp³-hybridized carbons (Fsp3) is 0.0769. The van der Waals surface area contributed by atoms with Gasteiger partial charge >= 0.3 is 5.97 Å². The topological polar surface area (TPSA) is 54.4 Å². The number of rotatable bonds is 2. The Kier molecular flexibility index (Phi) is 2.68. The molecule has 0 atom stereocenters. The monoisotopic (exact) mass is 214 g/mol. The van der Waals surface area contributed by atoms with Gasteiger partial charge in [-0.1, -0.05) is 36.4 Å². The van der Waals surface area contributed by atoms with Crippen LogP contribution < -0.4 is 0 Å². The van der Waals surface area contributed by atoms with E-state index in [-0.39, 0.29) is 17.8 Å². The third-order valence-corrected chi connectivity index (χ3v) is 2.42. The van der Waals surface area contributed by atoms with E-state index < -0.39 is 5.97 Å². The van der Waals surface area contributed by atoms with E-state index in [1.807, 2.05) is 30.3 Å². The van der Waals surface area contributed by atoms with Crippen LogP contribution in [0.3, 0.4) is 0 Å². The zero-order chi connectivity index (χ0) is 11.5. The van der Waals surface area contributed by atoms with E-state index in [4.69, 9.17) is 5.11 Å². The van der Waals surface area contributed by atoms with Gasteiger partial charge in [0, 0.05) is 6.42 Å². The van der Waals surface area contributed by atoms with Crippen molar-refractivity contribution in [2.45, 2.75) is 6.42 Å². The van der Waals surface area contributed by atoms with Gasteiger partial charge < -0.3 is 5.11 Å². The number of hydrogen-bond acceptors (Lipinski definition) is 2. The van der Waals surface area contributed by atoms with Crippen LogP contribution in [-0.4, -0.2) is 16.9 Å². The fourth-order valence-electron chi connectivity index (χ4n) is 1.68. The molecule has 1 aliphatic rings. The first kappa shape index (κ1) is 10.4. The fourth-order valence-corrected chi connectivity index (χ4v) is 1.68. The largest absolute Gasteiger partial charge is 0.478 e. The van der Waals surface area contributed by atoms with Gasteiger partial charge in [0.2, 0.25) is 0 Å². The summed E-state index contributed by atoms with van der Waals surface area (Å²) in [5.74, 6) is -1.24. The SMILES string of the molecule is O=C1C=C(C(=O)O)C(c2ccccc2)=CC1. The standard InChI is InChI=1S/C13H10O3/c14-10-6-7-11(12(8-10)13(15)16)9-4-2-1-3-5-9/h1-5,7-8H,6H2,(H,15,16). The summed E-state index contributed by atoms with van der Waals surface area (Å²) in [6, 6.07) is 9.21. The van der Waals surface area contributed by atoms with E-state index in [0.29, 0.717) is 5.57 Å². The van der Waals surface area contributed by atoms with Crippen LogP contribution in [0.25, 0.3) is 5.57 Å². The highest BCUT2D eigenvalue weighted by molar-refractivity contribution is 6.13. The van der Waals surface area contributed by atoms with Gasteiger partial charge in [-0.25, -0.2) is 4.79 Å². The first-order chi connectivity index (χ1) is 7.68. The average molecular weight is 214 g/mol. The van der Waals surface area contributed by atoms with Crippen LogP contribution in [0.5, 0.6) is 0 Å². The van der Waals surface area contributed by atoms with Gasteiger partial charge in [0.25, 0.3) is 0 Å². The molecule has 3 nitrogen and oxygen atoms in total. The molecule has 0 saturated carbocycles. The van der Waals surface area contributed by atoms with Gasteiger partial charge in [0.15, 0.2) is 5.78 Å². The van der Waals surface area contributed by atoms with Crippen LogP contribution in [0.2, 0.25) is 0 Å². The lowest BCUT2D eigenvalue weighted by molar-refractivity contribution is -0.132. The molecule has 1 aliphatic carbocycles. The van der Waals surface area contributed by atoms with Gasteiger partial charge in [0.05, 0.1) is 5.57 Å². The minimum atomic E-state index is -1.07. The zero-order valence-electron chi connectivity index (χ0n) is 8.51. The van der Waals surface area contributed by atoms with Gasteiger partial charge in [-0.15, -0.1) is 0 Å². The summed E-state index contributed by atoms with van der Waals surface area (Å²) in [5.41, 5.74) is 1.51. The van der Waals surface area contributed by atoms with Crippen molar-refractivity contribution in [3.8, 4) is 0 Å². The van der Waals surface area contributed by atoms with E-state index in [1.54, 1.807) is 6.08 Å². The Hall–Kier alpha value is -2.16. The molecule has 3 heteroatoms. The molecular weight excluding hydrogens is 204 g/mol. The molecule has 0 bridgehead atoms. The molecule has 16 heavy (non-hydrogen) atoms. The van der Waals surface area contributed by atoms with E-state index in [9.17, 15) is 9.59 Å². The van der Waals surface area contributed by atoms with Crippen molar-refractivity contribution in [2.24, 2.45) is 0 Å². The van der Waals surface area contributed by atoms with E-state index in [0.717, 1.165) is 5.56 Å². The van der Waals surface area contributed by atoms with Crippen LogP contribution in [-0.2, 0) is 9.59 Å². The van der Waals surface area contributed by atoms with E-state index in [1.165, 1.54) is 6.08 Å². The molecule has 0 fully saturated rings. The lowest BCUT2D eigenvalue weighted by atomic mass is 9.91. The summed E-state index contributed by atoms with van der Waals surface area (Å²) in [5, 5.41) is 9.03. The predicted molar refractivity (Wildman–Crippen MR) is 59.8 cm³/mol. The second-order valence-corrected chi connectivity index (χ2v) is 3.52. The number of ketones is 1. The average Bonchev–Trinajstić information content (AvgIpc) is 2.30. The highest BCUT2D eigenvalue weighted by Crippen LogP contribution is 2.26. The third-order valence-electron chi connectivity index (χ3n) is 2.42. The summed E-state index contributed by atoms with van der Waals surface area (Å²) in [6.07, 6.45) is 3.13. The van der Waals surface area contributed by atoms with Gasteiger partial charge in [-0.05, 0) is 17.2 Å². The van der Waals surface area contributed by atoms with Gasteiger partial charge in [-0.3, -0.25) is 4.79 Å². The Morgan fingerprint density at radius 2 is 1.88 bits per heavy atom. The highest BCUT2D eigenvalue weighted by Gasteiger charge is 2.19. The molecule has 1 aromatic carbocycles. The van der Waals surface area contributed by atoms with E-state index in [2.05, 4.69) is 0 Å². The Bertz CT molecular complexity index is 495. The summed E-state index contributed by atoms with van der Waals surface area (Å²) in [6.45, 7) is 0. The number of carbonyl (C=O) groups excluding carboxylic acids is 1. The zero-order valence-corrected chi connectivity index (χ0v) is 8.51. The van der Waals surface area contributed by atoms with Crippen molar-refractivity contribution >= 4 is 17.3 Å². The molecule has 0 saturated heterocycles. The second kappa shape index (κ2) is 4.14.